The van der Waals surface area contributed by atoms with Crippen LogP contribution in [0.2, 0.25) is 0 Å². The van der Waals surface area contributed by atoms with E-state index < -0.39 is 10.0 Å². The molecule has 3 aromatic rings. The monoisotopic (exact) mass is 398 g/mol. The highest BCUT2D eigenvalue weighted by Gasteiger charge is 2.27. The topological polar surface area (TPSA) is 53.2 Å². The van der Waals surface area contributed by atoms with Crippen LogP contribution in [0.4, 0.5) is 4.39 Å². The lowest BCUT2D eigenvalue weighted by molar-refractivity contribution is 0.441. The molecule has 4 rings (SSSR count). The Bertz CT molecular complexity index is 1140. The summed E-state index contributed by atoms with van der Waals surface area (Å²) in [6.07, 6.45) is 4.38. The van der Waals surface area contributed by atoms with Gasteiger partial charge in [-0.3, -0.25) is 0 Å². The van der Waals surface area contributed by atoms with Crippen LogP contribution in [0.3, 0.4) is 0 Å². The highest BCUT2D eigenvalue weighted by atomic mass is 32.2. The normalized spacial score (nSPS) is 15.9. The summed E-state index contributed by atoms with van der Waals surface area (Å²) in [6, 6.07) is 11.8. The van der Waals surface area contributed by atoms with E-state index in [4.69, 9.17) is 0 Å². The Morgan fingerprint density at radius 2 is 1.86 bits per heavy atom. The Balaban J connectivity index is 1.58. The van der Waals surface area contributed by atoms with E-state index in [0.29, 0.717) is 30.3 Å². The minimum atomic E-state index is -3.53. The zero-order valence-electron chi connectivity index (χ0n) is 15.9. The van der Waals surface area contributed by atoms with Crippen LogP contribution in [0.1, 0.15) is 37.3 Å². The average Bonchev–Trinajstić information content (AvgIpc) is 3.11. The number of aromatic amines is 1. The lowest BCUT2D eigenvalue weighted by Crippen LogP contribution is -2.34. The maximum absolute atomic E-state index is 13.6. The zero-order chi connectivity index (χ0) is 19.9. The smallest absolute Gasteiger partial charge is 0.243 e. The molecule has 0 atom stereocenters. The van der Waals surface area contributed by atoms with Crippen molar-refractivity contribution in [3.8, 4) is 0 Å². The molecule has 0 fully saturated rings. The molecule has 0 spiro atoms. The Hall–Kier alpha value is -2.44. The molecule has 0 amide bonds. The molecule has 1 aliphatic heterocycles. The fraction of sp³-hybridized carbons (Fsp3) is 0.273. The predicted molar refractivity (Wildman–Crippen MR) is 110 cm³/mol. The highest BCUT2D eigenvalue weighted by Crippen LogP contribution is 2.31. The summed E-state index contributed by atoms with van der Waals surface area (Å²) in [5, 5.41) is 0.826. The maximum atomic E-state index is 13.6. The summed E-state index contributed by atoms with van der Waals surface area (Å²) < 4.78 is 41.0. The number of nitrogens with one attached hydrogen (secondary N) is 1. The van der Waals surface area contributed by atoms with Gasteiger partial charge in [0.2, 0.25) is 10.0 Å². The lowest BCUT2D eigenvalue weighted by atomic mass is 10.00. The number of sulfonamides is 1. The molecule has 6 heteroatoms. The summed E-state index contributed by atoms with van der Waals surface area (Å²) in [6.45, 7) is 4.88. The highest BCUT2D eigenvalue weighted by molar-refractivity contribution is 7.89. The molecule has 0 aliphatic carbocycles. The van der Waals surface area contributed by atoms with E-state index in [1.807, 2.05) is 24.4 Å². The van der Waals surface area contributed by atoms with E-state index in [1.54, 1.807) is 18.2 Å². The van der Waals surface area contributed by atoms with Crippen molar-refractivity contribution in [2.45, 2.75) is 31.1 Å². The van der Waals surface area contributed by atoms with Crippen molar-refractivity contribution >= 4 is 26.5 Å². The van der Waals surface area contributed by atoms with Crippen LogP contribution in [0.15, 0.2) is 59.6 Å². The van der Waals surface area contributed by atoms with Gasteiger partial charge in [-0.25, -0.2) is 12.8 Å². The molecule has 4 nitrogen and oxygen atoms in total. The van der Waals surface area contributed by atoms with Gasteiger partial charge in [0.15, 0.2) is 0 Å². The van der Waals surface area contributed by atoms with E-state index in [-0.39, 0.29) is 5.82 Å². The fourth-order valence-corrected chi connectivity index (χ4v) is 5.03. The van der Waals surface area contributed by atoms with Gasteiger partial charge in [0, 0.05) is 35.8 Å². The first-order valence-electron chi connectivity index (χ1n) is 9.42. The molecule has 1 aliphatic rings. The zero-order valence-corrected chi connectivity index (χ0v) is 16.8. The van der Waals surface area contributed by atoms with Gasteiger partial charge in [-0.1, -0.05) is 32.1 Å². The Kier molecular flexibility index (Phi) is 4.85. The molecule has 2 heterocycles. The second-order valence-corrected chi connectivity index (χ2v) is 9.40. The van der Waals surface area contributed by atoms with Crippen molar-refractivity contribution in [3.63, 3.8) is 0 Å². The van der Waals surface area contributed by atoms with E-state index in [2.05, 4.69) is 18.8 Å². The number of nitrogens with zero attached hydrogens (tertiary/aromatic N) is 1. The molecule has 28 heavy (non-hydrogen) atoms. The van der Waals surface area contributed by atoms with Gasteiger partial charge in [-0.15, -0.1) is 0 Å². The van der Waals surface area contributed by atoms with E-state index in [0.717, 1.165) is 27.6 Å². The first-order chi connectivity index (χ1) is 13.4. The van der Waals surface area contributed by atoms with Crippen LogP contribution in [0.25, 0.3) is 16.5 Å². The Morgan fingerprint density at radius 1 is 1.11 bits per heavy atom. The van der Waals surface area contributed by atoms with Crippen molar-refractivity contribution < 1.29 is 12.8 Å². The van der Waals surface area contributed by atoms with Gasteiger partial charge < -0.3 is 4.98 Å². The number of aromatic nitrogens is 1. The van der Waals surface area contributed by atoms with Crippen LogP contribution < -0.4 is 0 Å². The third kappa shape index (κ3) is 3.38. The van der Waals surface area contributed by atoms with Gasteiger partial charge in [-0.2, -0.15) is 4.31 Å². The fourth-order valence-electron chi connectivity index (χ4n) is 3.65. The third-order valence-electron chi connectivity index (χ3n) is 5.35. The first kappa shape index (κ1) is 18.9. The second kappa shape index (κ2) is 7.18. The minimum Gasteiger partial charge on any atom is -0.361 e. The summed E-state index contributed by atoms with van der Waals surface area (Å²) in [7, 11) is -3.53. The molecule has 2 aromatic carbocycles. The summed E-state index contributed by atoms with van der Waals surface area (Å²) in [5.74, 6) is 0.0806. The number of fused-ring (bicyclic) bond motifs is 1. The Labute approximate surface area is 164 Å². The first-order valence-corrected chi connectivity index (χ1v) is 10.9. The van der Waals surface area contributed by atoms with Crippen molar-refractivity contribution in [1.29, 1.82) is 0 Å². The molecule has 0 saturated carbocycles. The van der Waals surface area contributed by atoms with Crippen LogP contribution in [-0.2, 0) is 10.0 Å². The van der Waals surface area contributed by atoms with Crippen molar-refractivity contribution in [2.24, 2.45) is 0 Å². The van der Waals surface area contributed by atoms with Gasteiger partial charge in [0.1, 0.15) is 5.82 Å². The molecule has 1 aromatic heterocycles. The molecular formula is C22H23FN2O2S. The molecule has 0 saturated heterocycles. The molecule has 146 valence electrons. The number of rotatable bonds is 4. The van der Waals surface area contributed by atoms with Crippen LogP contribution in [0.5, 0.6) is 0 Å². The van der Waals surface area contributed by atoms with Crippen LogP contribution >= 0.6 is 0 Å². The van der Waals surface area contributed by atoms with E-state index in [1.165, 1.54) is 16.4 Å². The minimum absolute atomic E-state index is 0.279. The molecule has 0 bridgehead atoms. The number of hydrogen-bond acceptors (Lipinski definition) is 2. The van der Waals surface area contributed by atoms with Crippen molar-refractivity contribution in [2.75, 3.05) is 13.1 Å². The molecule has 0 unspecified atom stereocenters. The van der Waals surface area contributed by atoms with Crippen LogP contribution in [0, 0.1) is 5.82 Å². The molecule has 0 radical (unpaired) electrons. The third-order valence-corrected chi connectivity index (χ3v) is 7.23. The number of H-pyrrole nitrogens is 1. The van der Waals surface area contributed by atoms with Gasteiger partial charge in [0.25, 0.3) is 0 Å². The predicted octanol–water partition coefficient (Wildman–Crippen LogP) is 4.91. The summed E-state index contributed by atoms with van der Waals surface area (Å²) in [5.41, 5.74) is 3.97. The van der Waals surface area contributed by atoms with E-state index >= 15 is 0 Å². The molecule has 1 N–H and O–H groups in total. The van der Waals surface area contributed by atoms with Crippen LogP contribution in [-0.4, -0.2) is 30.8 Å². The van der Waals surface area contributed by atoms with Crippen molar-refractivity contribution in [3.05, 3.63) is 71.7 Å². The largest absolute Gasteiger partial charge is 0.361 e. The summed E-state index contributed by atoms with van der Waals surface area (Å²) in [4.78, 5) is 3.48. The standard InChI is InChI=1S/C22H23FN2O2S/c1-15(2)16-3-6-19(7-4-16)28(26,27)25-11-9-17(10-12-25)21-14-24-22-8-5-18(23)13-20(21)22/h3-9,13-15,24H,10-12H2,1-2H3. The second-order valence-electron chi connectivity index (χ2n) is 7.46. The summed E-state index contributed by atoms with van der Waals surface area (Å²) >= 11 is 0. The maximum Gasteiger partial charge on any atom is 0.243 e. The number of benzene rings is 2. The van der Waals surface area contributed by atoms with Gasteiger partial charge in [0.05, 0.1) is 4.90 Å². The number of halogens is 1. The quantitative estimate of drug-likeness (QED) is 0.679. The average molecular weight is 399 g/mol. The SMILES string of the molecule is CC(C)c1ccc(S(=O)(=O)N2CC=C(c3c[nH]c4ccc(F)cc34)CC2)cc1. The van der Waals surface area contributed by atoms with Gasteiger partial charge in [-0.05, 0) is 53.8 Å². The van der Waals surface area contributed by atoms with Crippen molar-refractivity contribution in [1.82, 2.24) is 9.29 Å². The number of hydrogen-bond donors (Lipinski definition) is 1. The van der Waals surface area contributed by atoms with Gasteiger partial charge >= 0.3 is 0 Å². The Morgan fingerprint density at radius 3 is 2.50 bits per heavy atom. The van der Waals surface area contributed by atoms with E-state index in [9.17, 15) is 12.8 Å². The lowest BCUT2D eigenvalue weighted by Gasteiger charge is -2.26. The molecular weight excluding hydrogens is 375 g/mol.